The molecule has 1 aliphatic rings. The lowest BCUT2D eigenvalue weighted by atomic mass is 10.1. The molecule has 0 radical (unpaired) electrons. The molecule has 1 fully saturated rings. The molecule has 2 aromatic heterocycles. The molecule has 3 heterocycles. The number of hydrogen-bond donors (Lipinski definition) is 1. The first-order valence-corrected chi connectivity index (χ1v) is 10.8. The Hall–Kier alpha value is -3.72. The van der Waals surface area contributed by atoms with Crippen molar-refractivity contribution in [3.63, 3.8) is 0 Å². The van der Waals surface area contributed by atoms with Crippen LogP contribution in [0.25, 0.3) is 11.4 Å². The minimum atomic E-state index is -0.416. The van der Waals surface area contributed by atoms with E-state index in [0.717, 1.165) is 24.1 Å². The van der Waals surface area contributed by atoms with Crippen LogP contribution in [0.2, 0.25) is 0 Å². The van der Waals surface area contributed by atoms with E-state index in [4.69, 9.17) is 4.74 Å². The fourth-order valence-electron chi connectivity index (χ4n) is 3.55. The number of rotatable bonds is 7. The van der Waals surface area contributed by atoms with Crippen molar-refractivity contribution in [3.8, 4) is 11.4 Å². The van der Waals surface area contributed by atoms with Crippen LogP contribution in [0.15, 0.2) is 48.9 Å². The highest BCUT2D eigenvalue weighted by Gasteiger charge is 2.27. The number of benzene rings is 1. The summed E-state index contributed by atoms with van der Waals surface area (Å²) >= 11 is 0. The fourth-order valence-corrected chi connectivity index (χ4v) is 3.55. The van der Waals surface area contributed by atoms with Gasteiger partial charge < -0.3 is 15.0 Å². The summed E-state index contributed by atoms with van der Waals surface area (Å²) in [5.41, 5.74) is 2.86. The Morgan fingerprint density at radius 1 is 1.12 bits per heavy atom. The summed E-state index contributed by atoms with van der Waals surface area (Å²) in [4.78, 5) is 44.7. The molecular weight excluding hydrogens is 420 g/mol. The van der Waals surface area contributed by atoms with Gasteiger partial charge in [-0.15, -0.1) is 0 Å². The van der Waals surface area contributed by atoms with Crippen LogP contribution < -0.4 is 5.32 Å². The van der Waals surface area contributed by atoms with E-state index in [1.807, 2.05) is 37.3 Å². The zero-order valence-electron chi connectivity index (χ0n) is 18.7. The minimum absolute atomic E-state index is 0.0996. The predicted octanol–water partition coefficient (Wildman–Crippen LogP) is 2.31. The van der Waals surface area contributed by atoms with E-state index >= 15 is 0 Å². The molecule has 33 heavy (non-hydrogen) atoms. The predicted molar refractivity (Wildman–Crippen MR) is 121 cm³/mol. The second-order valence-corrected chi connectivity index (χ2v) is 7.96. The van der Waals surface area contributed by atoms with Gasteiger partial charge in [0.15, 0.2) is 0 Å². The Bertz CT molecular complexity index is 1110. The van der Waals surface area contributed by atoms with Gasteiger partial charge in [-0.05, 0) is 25.3 Å². The lowest BCUT2D eigenvalue weighted by Crippen LogP contribution is -2.36. The molecule has 1 aromatic carbocycles. The average Bonchev–Trinajstić information content (AvgIpc) is 3.38. The van der Waals surface area contributed by atoms with Crippen molar-refractivity contribution < 1.29 is 14.3 Å². The van der Waals surface area contributed by atoms with Gasteiger partial charge in [-0.2, -0.15) is 0 Å². The van der Waals surface area contributed by atoms with E-state index in [2.05, 4.69) is 25.3 Å². The van der Waals surface area contributed by atoms with Crippen molar-refractivity contribution in [1.82, 2.24) is 30.2 Å². The Labute approximate surface area is 192 Å². The van der Waals surface area contributed by atoms with Gasteiger partial charge in [0.25, 0.3) is 11.8 Å². The first-order chi connectivity index (χ1) is 16.0. The maximum Gasteiger partial charge on any atom is 0.255 e. The van der Waals surface area contributed by atoms with E-state index < -0.39 is 6.10 Å². The van der Waals surface area contributed by atoms with Crippen molar-refractivity contribution in [1.29, 1.82) is 0 Å². The minimum Gasteiger partial charge on any atom is -0.368 e. The number of hydrogen-bond acceptors (Lipinski definition) is 7. The van der Waals surface area contributed by atoms with Gasteiger partial charge >= 0.3 is 0 Å². The lowest BCUT2D eigenvalue weighted by Gasteiger charge is -2.20. The molecule has 3 aromatic rings. The van der Waals surface area contributed by atoms with Gasteiger partial charge in [-0.3, -0.25) is 19.6 Å². The monoisotopic (exact) mass is 446 g/mol. The van der Waals surface area contributed by atoms with Crippen molar-refractivity contribution >= 4 is 11.8 Å². The molecule has 9 heteroatoms. The van der Waals surface area contributed by atoms with Crippen LogP contribution in [0.5, 0.6) is 0 Å². The first kappa shape index (κ1) is 22.5. The number of nitrogens with zero attached hydrogens (tertiary/aromatic N) is 5. The molecule has 1 saturated heterocycles. The second kappa shape index (κ2) is 10.3. The van der Waals surface area contributed by atoms with Crippen molar-refractivity contribution in [2.24, 2.45) is 0 Å². The lowest BCUT2D eigenvalue weighted by molar-refractivity contribution is -0.140. The summed E-state index contributed by atoms with van der Waals surface area (Å²) in [6.07, 6.45) is 5.86. The third-order valence-corrected chi connectivity index (χ3v) is 5.36. The number of nitrogens with one attached hydrogen (secondary N) is 1. The fraction of sp³-hybridized carbons (Fsp3) is 0.333. The number of ether oxygens (including phenoxy) is 1. The summed E-state index contributed by atoms with van der Waals surface area (Å²) in [5.74, 6) is -0.00939. The van der Waals surface area contributed by atoms with E-state index in [9.17, 15) is 9.59 Å². The third-order valence-electron chi connectivity index (χ3n) is 5.36. The molecule has 0 spiro atoms. The van der Waals surface area contributed by atoms with Crippen molar-refractivity contribution in [3.05, 3.63) is 71.6 Å². The molecular formula is C24H26N6O3. The van der Waals surface area contributed by atoms with Crippen LogP contribution in [-0.2, 0) is 22.6 Å². The maximum absolute atomic E-state index is 13.0. The molecule has 4 rings (SSSR count). The molecule has 1 N–H and O–H groups in total. The number of aryl methyl sites for hydroxylation is 1. The van der Waals surface area contributed by atoms with Crippen LogP contribution in [0.3, 0.4) is 0 Å². The highest BCUT2D eigenvalue weighted by atomic mass is 16.5. The van der Waals surface area contributed by atoms with Crippen LogP contribution in [0, 0.1) is 6.92 Å². The maximum atomic E-state index is 13.0. The molecule has 1 atom stereocenters. The average molecular weight is 447 g/mol. The van der Waals surface area contributed by atoms with Crippen molar-refractivity contribution in [2.45, 2.75) is 39.0 Å². The Balaban J connectivity index is 1.57. The van der Waals surface area contributed by atoms with Crippen LogP contribution in [-0.4, -0.2) is 56.4 Å². The Morgan fingerprint density at radius 2 is 1.94 bits per heavy atom. The first-order valence-electron chi connectivity index (χ1n) is 10.8. The van der Waals surface area contributed by atoms with Gasteiger partial charge in [0.1, 0.15) is 23.3 Å². The smallest absolute Gasteiger partial charge is 0.255 e. The standard InChI is InChI=1S/C24H26N6O3/c1-16-11-26-19(14-25-16)22-18(23(31)28-12-17-7-4-3-5-8-17)13-27-21(29-22)15-30(2)24(32)20-9-6-10-33-20/h3-5,7-8,11,13-14,20H,6,9-10,12,15H2,1-2H3,(H,28,31)/t20-/m1/s1. The van der Waals surface area contributed by atoms with Gasteiger partial charge in [0, 0.05) is 32.6 Å². The highest BCUT2D eigenvalue weighted by molar-refractivity contribution is 5.99. The normalized spacial score (nSPS) is 15.3. The third kappa shape index (κ3) is 5.56. The van der Waals surface area contributed by atoms with E-state index in [1.165, 1.54) is 6.20 Å². The van der Waals surface area contributed by atoms with Gasteiger partial charge in [0.2, 0.25) is 0 Å². The molecule has 0 bridgehead atoms. The zero-order chi connectivity index (χ0) is 23.2. The summed E-state index contributed by atoms with van der Waals surface area (Å²) < 4.78 is 5.49. The number of likely N-dealkylation sites (N-methyl/N-ethyl adjacent to an activating group) is 1. The molecule has 1 aliphatic heterocycles. The number of carbonyl (C=O) groups is 2. The summed E-state index contributed by atoms with van der Waals surface area (Å²) in [6, 6.07) is 9.63. The molecule has 9 nitrogen and oxygen atoms in total. The summed E-state index contributed by atoms with van der Waals surface area (Å²) in [6.45, 7) is 3.00. The van der Waals surface area contributed by atoms with E-state index in [0.29, 0.717) is 35.9 Å². The number of aromatic nitrogens is 4. The Morgan fingerprint density at radius 3 is 2.64 bits per heavy atom. The largest absolute Gasteiger partial charge is 0.368 e. The highest BCUT2D eigenvalue weighted by Crippen LogP contribution is 2.20. The van der Waals surface area contributed by atoms with Gasteiger partial charge in [-0.1, -0.05) is 30.3 Å². The van der Waals surface area contributed by atoms with Crippen LogP contribution in [0.4, 0.5) is 0 Å². The summed E-state index contributed by atoms with van der Waals surface area (Å²) in [5, 5.41) is 2.90. The van der Waals surface area contributed by atoms with Crippen LogP contribution >= 0.6 is 0 Å². The molecule has 0 unspecified atom stereocenters. The second-order valence-electron chi connectivity index (χ2n) is 7.96. The molecule has 170 valence electrons. The number of amides is 2. The van der Waals surface area contributed by atoms with E-state index in [-0.39, 0.29) is 18.4 Å². The van der Waals surface area contributed by atoms with E-state index in [1.54, 1.807) is 24.3 Å². The van der Waals surface area contributed by atoms with Gasteiger partial charge in [-0.25, -0.2) is 9.97 Å². The number of carbonyl (C=O) groups excluding carboxylic acids is 2. The van der Waals surface area contributed by atoms with Gasteiger partial charge in [0.05, 0.1) is 24.0 Å². The zero-order valence-corrected chi connectivity index (χ0v) is 18.7. The Kier molecular flexibility index (Phi) is 6.99. The topological polar surface area (TPSA) is 110 Å². The van der Waals surface area contributed by atoms with Crippen molar-refractivity contribution in [2.75, 3.05) is 13.7 Å². The van der Waals surface area contributed by atoms with Crippen LogP contribution in [0.1, 0.15) is 40.3 Å². The molecule has 2 amide bonds. The SMILES string of the molecule is Cc1cnc(-c2nc(CN(C)C(=O)[C@H]3CCCO3)ncc2C(=O)NCc2ccccc2)cn1. The summed E-state index contributed by atoms with van der Waals surface area (Å²) in [7, 11) is 1.69. The quantitative estimate of drug-likeness (QED) is 0.593. The molecule has 0 aliphatic carbocycles. The molecule has 0 saturated carbocycles.